The van der Waals surface area contributed by atoms with E-state index in [9.17, 15) is 9.90 Å². The smallest absolute Gasteiger partial charge is 0.330 e. The van der Waals surface area contributed by atoms with Gasteiger partial charge in [0.2, 0.25) is 0 Å². The van der Waals surface area contributed by atoms with Gasteiger partial charge < -0.3 is 14.6 Å². The van der Waals surface area contributed by atoms with Gasteiger partial charge >= 0.3 is 5.97 Å². The first kappa shape index (κ1) is 13.1. The van der Waals surface area contributed by atoms with Crippen molar-refractivity contribution in [1.29, 1.82) is 0 Å². The minimum atomic E-state index is -0.431. The number of hydrogen-bond acceptors (Lipinski definition) is 4. The van der Waals surface area contributed by atoms with Crippen LogP contribution in [-0.2, 0) is 9.53 Å². The van der Waals surface area contributed by atoms with Gasteiger partial charge in [0.05, 0.1) is 13.7 Å². The van der Waals surface area contributed by atoms with Crippen LogP contribution in [0.4, 0.5) is 0 Å². The molecule has 0 spiro atoms. The van der Waals surface area contributed by atoms with Crippen LogP contribution in [0.15, 0.2) is 24.3 Å². The predicted octanol–water partition coefficient (Wildman–Crippen LogP) is 2.37. The normalized spacial score (nSPS) is 10.5. The van der Waals surface area contributed by atoms with Gasteiger partial charge in [0.25, 0.3) is 0 Å². The molecule has 1 aromatic carbocycles. The second-order valence-corrected chi connectivity index (χ2v) is 3.43. The van der Waals surface area contributed by atoms with Gasteiger partial charge in [-0.1, -0.05) is 6.92 Å². The molecule has 0 radical (unpaired) electrons. The highest BCUT2D eigenvalue weighted by molar-refractivity contribution is 5.87. The Labute approximate surface area is 100 Å². The molecule has 0 saturated heterocycles. The van der Waals surface area contributed by atoms with Crippen LogP contribution >= 0.6 is 0 Å². The van der Waals surface area contributed by atoms with Crippen LogP contribution in [0.3, 0.4) is 0 Å². The summed E-state index contributed by atoms with van der Waals surface area (Å²) < 4.78 is 9.97. The van der Waals surface area contributed by atoms with Crippen LogP contribution in [0.5, 0.6) is 11.5 Å². The Bertz CT molecular complexity index is 410. The zero-order chi connectivity index (χ0) is 12.7. The van der Waals surface area contributed by atoms with Crippen molar-refractivity contribution in [2.24, 2.45) is 0 Å². The van der Waals surface area contributed by atoms with Gasteiger partial charge in [0.1, 0.15) is 11.5 Å². The SMILES string of the molecule is CCCOc1cc(O)ccc1C=CC(=O)OC. The lowest BCUT2D eigenvalue weighted by atomic mass is 10.1. The van der Waals surface area contributed by atoms with E-state index in [0.29, 0.717) is 12.4 Å². The van der Waals surface area contributed by atoms with Crippen molar-refractivity contribution < 1.29 is 19.4 Å². The van der Waals surface area contributed by atoms with E-state index in [1.165, 1.54) is 25.3 Å². The average molecular weight is 236 g/mol. The number of rotatable bonds is 5. The predicted molar refractivity (Wildman–Crippen MR) is 64.9 cm³/mol. The maximum Gasteiger partial charge on any atom is 0.330 e. The quantitative estimate of drug-likeness (QED) is 0.630. The number of benzene rings is 1. The highest BCUT2D eigenvalue weighted by Gasteiger charge is 2.03. The van der Waals surface area contributed by atoms with Gasteiger partial charge in [-0.05, 0) is 24.6 Å². The van der Waals surface area contributed by atoms with E-state index in [1.807, 2.05) is 6.92 Å². The third-order valence-corrected chi connectivity index (χ3v) is 2.06. The van der Waals surface area contributed by atoms with Crippen molar-refractivity contribution in [3.8, 4) is 11.5 Å². The zero-order valence-electron chi connectivity index (χ0n) is 9.97. The fourth-order valence-corrected chi connectivity index (χ4v) is 1.22. The number of phenolic OH excluding ortho intramolecular Hbond substituents is 1. The number of carbonyl (C=O) groups excluding carboxylic acids is 1. The number of methoxy groups -OCH3 is 1. The second-order valence-electron chi connectivity index (χ2n) is 3.43. The lowest BCUT2D eigenvalue weighted by Gasteiger charge is -2.08. The largest absolute Gasteiger partial charge is 0.508 e. The minimum Gasteiger partial charge on any atom is -0.508 e. The molecule has 0 aliphatic heterocycles. The van der Waals surface area contributed by atoms with Gasteiger partial charge in [-0.3, -0.25) is 0 Å². The van der Waals surface area contributed by atoms with E-state index >= 15 is 0 Å². The summed E-state index contributed by atoms with van der Waals surface area (Å²) in [5, 5.41) is 9.36. The zero-order valence-corrected chi connectivity index (χ0v) is 9.97. The second kappa shape index (κ2) is 6.58. The van der Waals surface area contributed by atoms with Crippen LogP contribution in [0.25, 0.3) is 6.08 Å². The molecule has 1 rings (SSSR count). The Hall–Kier alpha value is -1.97. The molecular weight excluding hydrogens is 220 g/mol. The highest BCUT2D eigenvalue weighted by Crippen LogP contribution is 2.25. The van der Waals surface area contributed by atoms with Gasteiger partial charge in [-0.15, -0.1) is 0 Å². The van der Waals surface area contributed by atoms with Crippen molar-refractivity contribution in [3.05, 3.63) is 29.8 Å². The monoisotopic (exact) mass is 236 g/mol. The molecular formula is C13H16O4. The summed E-state index contributed by atoms with van der Waals surface area (Å²) in [6.45, 7) is 2.55. The van der Waals surface area contributed by atoms with E-state index in [0.717, 1.165) is 12.0 Å². The number of hydrogen-bond donors (Lipinski definition) is 1. The molecule has 0 heterocycles. The molecule has 4 nitrogen and oxygen atoms in total. The van der Waals surface area contributed by atoms with Crippen LogP contribution in [0.1, 0.15) is 18.9 Å². The lowest BCUT2D eigenvalue weighted by Crippen LogP contribution is -1.97. The van der Waals surface area contributed by atoms with Crippen molar-refractivity contribution in [2.45, 2.75) is 13.3 Å². The molecule has 0 amide bonds. The number of carbonyl (C=O) groups is 1. The molecule has 0 aromatic heterocycles. The van der Waals surface area contributed by atoms with Crippen molar-refractivity contribution in [3.63, 3.8) is 0 Å². The van der Waals surface area contributed by atoms with E-state index < -0.39 is 5.97 Å². The summed E-state index contributed by atoms with van der Waals surface area (Å²) in [6, 6.07) is 4.74. The first-order chi connectivity index (χ1) is 8.17. The van der Waals surface area contributed by atoms with Crippen molar-refractivity contribution in [1.82, 2.24) is 0 Å². The van der Waals surface area contributed by atoms with Crippen LogP contribution in [0, 0.1) is 0 Å². The fraction of sp³-hybridized carbons (Fsp3) is 0.308. The van der Waals surface area contributed by atoms with Gasteiger partial charge in [-0.2, -0.15) is 0 Å². The first-order valence-corrected chi connectivity index (χ1v) is 5.39. The maximum absolute atomic E-state index is 11.0. The van der Waals surface area contributed by atoms with Crippen LogP contribution < -0.4 is 4.74 Å². The molecule has 1 N–H and O–H groups in total. The van der Waals surface area contributed by atoms with E-state index in [-0.39, 0.29) is 5.75 Å². The fourth-order valence-electron chi connectivity index (χ4n) is 1.22. The molecule has 0 unspecified atom stereocenters. The summed E-state index contributed by atoms with van der Waals surface area (Å²) in [7, 11) is 1.32. The van der Waals surface area contributed by atoms with Crippen molar-refractivity contribution >= 4 is 12.0 Å². The number of esters is 1. The molecule has 0 atom stereocenters. The summed E-state index contributed by atoms with van der Waals surface area (Å²) >= 11 is 0. The molecule has 17 heavy (non-hydrogen) atoms. The Balaban J connectivity index is 2.89. The van der Waals surface area contributed by atoms with Crippen molar-refractivity contribution in [2.75, 3.05) is 13.7 Å². The summed E-state index contributed by atoms with van der Waals surface area (Å²) in [4.78, 5) is 11.0. The van der Waals surface area contributed by atoms with Gasteiger partial charge in [-0.25, -0.2) is 4.79 Å². The Morgan fingerprint density at radius 2 is 2.24 bits per heavy atom. The molecule has 0 aliphatic rings. The molecule has 92 valence electrons. The Kier molecular flexibility index (Phi) is 5.07. The summed E-state index contributed by atoms with van der Waals surface area (Å²) in [6.07, 6.45) is 3.78. The third-order valence-electron chi connectivity index (χ3n) is 2.06. The van der Waals surface area contributed by atoms with E-state index in [2.05, 4.69) is 4.74 Å². The standard InChI is InChI=1S/C13H16O4/c1-3-8-17-12-9-11(14)6-4-10(12)5-7-13(15)16-2/h4-7,9,14H,3,8H2,1-2H3. The molecule has 1 aromatic rings. The first-order valence-electron chi connectivity index (χ1n) is 5.39. The molecule has 0 bridgehead atoms. The lowest BCUT2D eigenvalue weighted by molar-refractivity contribution is -0.134. The van der Waals surface area contributed by atoms with E-state index in [1.54, 1.807) is 12.1 Å². The number of phenols is 1. The molecule has 0 saturated carbocycles. The molecule has 0 aliphatic carbocycles. The van der Waals surface area contributed by atoms with E-state index in [4.69, 9.17) is 4.74 Å². The number of aromatic hydroxyl groups is 1. The average Bonchev–Trinajstić information content (AvgIpc) is 2.34. The Morgan fingerprint density at radius 3 is 2.88 bits per heavy atom. The topological polar surface area (TPSA) is 55.8 Å². The third kappa shape index (κ3) is 4.18. The minimum absolute atomic E-state index is 0.131. The van der Waals surface area contributed by atoms with Crippen LogP contribution in [0.2, 0.25) is 0 Å². The van der Waals surface area contributed by atoms with Gasteiger partial charge in [0.15, 0.2) is 0 Å². The summed E-state index contributed by atoms with van der Waals surface area (Å²) in [5.41, 5.74) is 0.724. The number of ether oxygens (including phenoxy) is 2. The highest BCUT2D eigenvalue weighted by atomic mass is 16.5. The summed E-state index contributed by atoms with van der Waals surface area (Å²) in [5.74, 6) is 0.248. The van der Waals surface area contributed by atoms with Crippen LogP contribution in [-0.4, -0.2) is 24.8 Å². The maximum atomic E-state index is 11.0. The molecule has 0 fully saturated rings. The molecule has 4 heteroatoms. The van der Waals surface area contributed by atoms with Gasteiger partial charge in [0, 0.05) is 17.7 Å². The Morgan fingerprint density at radius 1 is 1.47 bits per heavy atom.